The SMILES string of the molecule is COc1cc(CNC(C)(C)C)cc(Br)c1OCCO. The summed E-state index contributed by atoms with van der Waals surface area (Å²) in [7, 11) is 1.61. The summed E-state index contributed by atoms with van der Waals surface area (Å²) in [6.07, 6.45) is 0. The van der Waals surface area contributed by atoms with Crippen LogP contribution in [0.15, 0.2) is 16.6 Å². The normalized spacial score (nSPS) is 11.5. The van der Waals surface area contributed by atoms with E-state index in [2.05, 4.69) is 42.0 Å². The molecular weight excluding hydrogens is 310 g/mol. The number of rotatable bonds is 6. The highest BCUT2D eigenvalue weighted by molar-refractivity contribution is 9.10. The molecule has 0 bridgehead atoms. The lowest BCUT2D eigenvalue weighted by Gasteiger charge is -2.21. The van der Waals surface area contributed by atoms with E-state index >= 15 is 0 Å². The molecule has 1 rings (SSSR count). The number of halogens is 1. The van der Waals surface area contributed by atoms with Crippen LogP contribution in [-0.4, -0.2) is 31.0 Å². The molecule has 1 aromatic carbocycles. The van der Waals surface area contributed by atoms with Crippen molar-refractivity contribution in [2.45, 2.75) is 32.9 Å². The number of methoxy groups -OCH3 is 1. The van der Waals surface area contributed by atoms with Gasteiger partial charge in [0.05, 0.1) is 18.2 Å². The van der Waals surface area contributed by atoms with Crippen LogP contribution in [0.5, 0.6) is 11.5 Å². The summed E-state index contributed by atoms with van der Waals surface area (Å²) in [6, 6.07) is 3.93. The Hall–Kier alpha value is -0.780. The van der Waals surface area contributed by atoms with Crippen molar-refractivity contribution in [3.63, 3.8) is 0 Å². The van der Waals surface area contributed by atoms with Crippen molar-refractivity contribution in [3.8, 4) is 11.5 Å². The zero-order valence-electron chi connectivity index (χ0n) is 11.9. The van der Waals surface area contributed by atoms with Crippen molar-refractivity contribution in [2.24, 2.45) is 0 Å². The van der Waals surface area contributed by atoms with Crippen LogP contribution in [0.4, 0.5) is 0 Å². The van der Waals surface area contributed by atoms with Crippen molar-refractivity contribution in [3.05, 3.63) is 22.2 Å². The molecule has 4 nitrogen and oxygen atoms in total. The zero-order valence-corrected chi connectivity index (χ0v) is 13.5. The minimum absolute atomic E-state index is 0.0249. The van der Waals surface area contributed by atoms with Crippen LogP contribution in [0, 0.1) is 0 Å². The van der Waals surface area contributed by atoms with Gasteiger partial charge in [-0.25, -0.2) is 0 Å². The number of benzene rings is 1. The third kappa shape index (κ3) is 5.38. The van der Waals surface area contributed by atoms with Gasteiger partial charge in [0.2, 0.25) is 0 Å². The number of ether oxygens (including phenoxy) is 2. The lowest BCUT2D eigenvalue weighted by Crippen LogP contribution is -2.35. The molecule has 0 atom stereocenters. The highest BCUT2D eigenvalue weighted by atomic mass is 79.9. The second kappa shape index (κ2) is 7.12. The van der Waals surface area contributed by atoms with E-state index in [0.29, 0.717) is 11.5 Å². The molecule has 0 spiro atoms. The molecule has 108 valence electrons. The number of hydrogen-bond acceptors (Lipinski definition) is 4. The Morgan fingerprint density at radius 3 is 2.53 bits per heavy atom. The third-order valence-electron chi connectivity index (χ3n) is 2.45. The summed E-state index contributed by atoms with van der Waals surface area (Å²) in [5.74, 6) is 1.28. The van der Waals surface area contributed by atoms with Gasteiger partial charge in [0, 0.05) is 12.1 Å². The number of aliphatic hydroxyl groups excluding tert-OH is 1. The average molecular weight is 332 g/mol. The van der Waals surface area contributed by atoms with Gasteiger partial charge in [0.15, 0.2) is 11.5 Å². The molecule has 0 aliphatic heterocycles. The summed E-state index contributed by atoms with van der Waals surface area (Å²) in [6.45, 7) is 7.34. The predicted molar refractivity (Wildman–Crippen MR) is 79.9 cm³/mol. The summed E-state index contributed by atoms with van der Waals surface area (Å²) >= 11 is 3.48. The quantitative estimate of drug-likeness (QED) is 0.841. The first-order chi connectivity index (χ1) is 8.87. The van der Waals surface area contributed by atoms with E-state index in [1.807, 2.05) is 12.1 Å². The zero-order chi connectivity index (χ0) is 14.5. The van der Waals surface area contributed by atoms with Gasteiger partial charge >= 0.3 is 0 Å². The van der Waals surface area contributed by atoms with E-state index in [4.69, 9.17) is 14.6 Å². The van der Waals surface area contributed by atoms with Crippen molar-refractivity contribution >= 4 is 15.9 Å². The van der Waals surface area contributed by atoms with E-state index in [0.717, 1.165) is 16.6 Å². The summed E-state index contributed by atoms with van der Waals surface area (Å²) < 4.78 is 11.6. The van der Waals surface area contributed by atoms with Crippen LogP contribution in [-0.2, 0) is 6.54 Å². The second-order valence-corrected chi connectivity index (χ2v) is 6.14. The fourth-order valence-electron chi connectivity index (χ4n) is 1.53. The molecule has 0 fully saturated rings. The summed E-state index contributed by atoms with van der Waals surface area (Å²) in [5, 5.41) is 12.2. The fraction of sp³-hybridized carbons (Fsp3) is 0.571. The molecule has 0 aliphatic carbocycles. The Kier molecular flexibility index (Phi) is 6.10. The minimum Gasteiger partial charge on any atom is -0.493 e. The smallest absolute Gasteiger partial charge is 0.175 e. The van der Waals surface area contributed by atoms with Crippen molar-refractivity contribution in [2.75, 3.05) is 20.3 Å². The fourth-order valence-corrected chi connectivity index (χ4v) is 2.13. The monoisotopic (exact) mass is 331 g/mol. The first-order valence-electron chi connectivity index (χ1n) is 6.22. The van der Waals surface area contributed by atoms with Gasteiger partial charge in [-0.1, -0.05) is 0 Å². The van der Waals surface area contributed by atoms with E-state index in [-0.39, 0.29) is 18.8 Å². The highest BCUT2D eigenvalue weighted by Crippen LogP contribution is 2.36. The molecular formula is C14H22BrNO3. The number of hydrogen-bond donors (Lipinski definition) is 2. The first-order valence-corrected chi connectivity index (χ1v) is 7.02. The van der Waals surface area contributed by atoms with Gasteiger partial charge in [0.25, 0.3) is 0 Å². The van der Waals surface area contributed by atoms with E-state index in [9.17, 15) is 0 Å². The number of nitrogens with one attached hydrogen (secondary N) is 1. The number of aliphatic hydroxyl groups is 1. The molecule has 5 heteroatoms. The molecule has 19 heavy (non-hydrogen) atoms. The van der Waals surface area contributed by atoms with Gasteiger partial charge in [-0.05, 0) is 54.4 Å². The van der Waals surface area contributed by atoms with E-state index in [1.165, 1.54) is 0 Å². The standard InChI is InChI=1S/C14H22BrNO3/c1-14(2,3)16-9-10-7-11(15)13(19-6-5-17)12(8-10)18-4/h7-8,16-17H,5-6,9H2,1-4H3. The minimum atomic E-state index is -0.0249. The summed E-state index contributed by atoms with van der Waals surface area (Å²) in [5.41, 5.74) is 1.17. The van der Waals surface area contributed by atoms with E-state index < -0.39 is 0 Å². The lowest BCUT2D eigenvalue weighted by atomic mass is 10.1. The van der Waals surface area contributed by atoms with Crippen LogP contribution < -0.4 is 14.8 Å². The van der Waals surface area contributed by atoms with Crippen molar-refractivity contribution in [1.29, 1.82) is 0 Å². The van der Waals surface area contributed by atoms with E-state index in [1.54, 1.807) is 7.11 Å². The molecule has 1 aromatic rings. The highest BCUT2D eigenvalue weighted by Gasteiger charge is 2.13. The Morgan fingerprint density at radius 2 is 2.00 bits per heavy atom. The molecule has 0 aromatic heterocycles. The molecule has 0 heterocycles. The van der Waals surface area contributed by atoms with Crippen LogP contribution in [0.1, 0.15) is 26.3 Å². The first kappa shape index (κ1) is 16.3. The van der Waals surface area contributed by atoms with Gasteiger partial charge in [0.1, 0.15) is 6.61 Å². The molecule has 0 aliphatic rings. The largest absolute Gasteiger partial charge is 0.493 e. The third-order valence-corrected chi connectivity index (χ3v) is 3.04. The van der Waals surface area contributed by atoms with Crippen molar-refractivity contribution < 1.29 is 14.6 Å². The van der Waals surface area contributed by atoms with Crippen LogP contribution in [0.25, 0.3) is 0 Å². The second-order valence-electron chi connectivity index (χ2n) is 5.28. The van der Waals surface area contributed by atoms with Gasteiger partial charge < -0.3 is 19.9 Å². The molecule has 0 saturated heterocycles. The van der Waals surface area contributed by atoms with Crippen molar-refractivity contribution in [1.82, 2.24) is 5.32 Å². The molecule has 0 radical (unpaired) electrons. The van der Waals surface area contributed by atoms with Crippen LogP contribution in [0.2, 0.25) is 0 Å². The summed E-state index contributed by atoms with van der Waals surface area (Å²) in [4.78, 5) is 0. The van der Waals surface area contributed by atoms with Crippen LogP contribution >= 0.6 is 15.9 Å². The molecule has 2 N–H and O–H groups in total. The Balaban J connectivity index is 2.89. The van der Waals surface area contributed by atoms with Gasteiger partial charge in [-0.2, -0.15) is 0 Å². The topological polar surface area (TPSA) is 50.7 Å². The van der Waals surface area contributed by atoms with Gasteiger partial charge in [-0.15, -0.1) is 0 Å². The maximum atomic E-state index is 8.82. The predicted octanol–water partition coefficient (Wildman–Crippen LogP) is 2.72. The maximum Gasteiger partial charge on any atom is 0.175 e. The molecule has 0 saturated carbocycles. The Labute approximate surface area is 123 Å². The molecule has 0 amide bonds. The Morgan fingerprint density at radius 1 is 1.32 bits per heavy atom. The van der Waals surface area contributed by atoms with Gasteiger partial charge in [-0.3, -0.25) is 0 Å². The average Bonchev–Trinajstić information content (AvgIpc) is 2.33. The van der Waals surface area contributed by atoms with Crippen LogP contribution in [0.3, 0.4) is 0 Å². The molecule has 0 unspecified atom stereocenters. The Bertz CT molecular complexity index is 416. The lowest BCUT2D eigenvalue weighted by molar-refractivity contribution is 0.195. The maximum absolute atomic E-state index is 8.82.